The molecule has 1 amide bonds. The Bertz CT molecular complexity index is 1010. The fraction of sp³-hybridized carbons (Fsp3) is 0.333. The number of nitrogens with zero attached hydrogens (tertiary/aromatic N) is 2. The van der Waals surface area contributed by atoms with Gasteiger partial charge in [-0.25, -0.2) is 4.98 Å². The number of rotatable bonds is 10. The number of fused-ring (bicyclic) bond motifs is 1. The van der Waals surface area contributed by atoms with Crippen LogP contribution in [-0.4, -0.2) is 41.5 Å². The molecule has 0 aliphatic rings. The molecule has 6 nitrogen and oxygen atoms in total. The number of halogens is 2. The molecule has 0 radical (unpaired) electrons. The number of amides is 1. The van der Waals surface area contributed by atoms with Crippen LogP contribution >= 0.6 is 11.8 Å². The van der Waals surface area contributed by atoms with Crippen molar-refractivity contribution in [3.05, 3.63) is 48.0 Å². The van der Waals surface area contributed by atoms with Crippen LogP contribution < -0.4 is 14.8 Å². The lowest BCUT2D eigenvalue weighted by Crippen LogP contribution is -2.27. The number of methoxy groups -OCH3 is 1. The highest BCUT2D eigenvalue weighted by atomic mass is 32.2. The Morgan fingerprint density at radius 3 is 2.77 bits per heavy atom. The van der Waals surface area contributed by atoms with Crippen LogP contribution in [0, 0.1) is 0 Å². The van der Waals surface area contributed by atoms with Crippen LogP contribution in [0.15, 0.2) is 47.6 Å². The van der Waals surface area contributed by atoms with E-state index in [0.717, 1.165) is 28.3 Å². The monoisotopic (exact) mass is 435 g/mol. The van der Waals surface area contributed by atoms with E-state index in [1.54, 1.807) is 12.1 Å². The summed E-state index contributed by atoms with van der Waals surface area (Å²) in [4.78, 5) is 16.8. The SMILES string of the molecule is CCn1c(SCC(=O)NCCc2ccc(OC)c(OC(F)F)c2)nc2ccccc21. The van der Waals surface area contributed by atoms with E-state index in [4.69, 9.17) is 4.74 Å². The van der Waals surface area contributed by atoms with Crippen LogP contribution in [0.4, 0.5) is 8.78 Å². The highest BCUT2D eigenvalue weighted by Gasteiger charge is 2.13. The fourth-order valence-electron chi connectivity index (χ4n) is 3.06. The molecule has 1 aromatic heterocycles. The van der Waals surface area contributed by atoms with Gasteiger partial charge in [0.2, 0.25) is 5.91 Å². The van der Waals surface area contributed by atoms with Gasteiger partial charge in [0.25, 0.3) is 0 Å². The molecule has 160 valence electrons. The van der Waals surface area contributed by atoms with Gasteiger partial charge in [-0.15, -0.1) is 0 Å². The molecule has 30 heavy (non-hydrogen) atoms. The minimum atomic E-state index is -2.93. The minimum absolute atomic E-state index is 0.0228. The van der Waals surface area contributed by atoms with Crippen molar-refractivity contribution in [2.24, 2.45) is 0 Å². The predicted octanol–water partition coefficient (Wildman–Crippen LogP) is 4.12. The Balaban J connectivity index is 1.52. The summed E-state index contributed by atoms with van der Waals surface area (Å²) in [5.74, 6) is 0.335. The Labute approximate surface area is 177 Å². The maximum Gasteiger partial charge on any atom is 0.387 e. The summed E-state index contributed by atoms with van der Waals surface area (Å²) in [7, 11) is 1.39. The lowest BCUT2D eigenvalue weighted by molar-refractivity contribution is -0.118. The molecular weight excluding hydrogens is 412 g/mol. The first-order valence-electron chi connectivity index (χ1n) is 9.48. The van der Waals surface area contributed by atoms with Gasteiger partial charge in [-0.3, -0.25) is 4.79 Å². The van der Waals surface area contributed by atoms with Crippen molar-refractivity contribution in [2.45, 2.75) is 31.7 Å². The molecule has 1 heterocycles. The second-order valence-electron chi connectivity index (χ2n) is 6.38. The van der Waals surface area contributed by atoms with Crippen LogP contribution in [0.3, 0.4) is 0 Å². The van der Waals surface area contributed by atoms with E-state index in [0.29, 0.717) is 13.0 Å². The van der Waals surface area contributed by atoms with Crippen LogP contribution in [0.2, 0.25) is 0 Å². The molecule has 0 unspecified atom stereocenters. The molecule has 9 heteroatoms. The molecule has 2 aromatic carbocycles. The number of aryl methyl sites for hydroxylation is 1. The van der Waals surface area contributed by atoms with E-state index in [2.05, 4.69) is 19.6 Å². The number of carbonyl (C=O) groups is 1. The number of hydrogen-bond acceptors (Lipinski definition) is 5. The Kier molecular flexibility index (Phi) is 7.51. The molecule has 0 aliphatic carbocycles. The van der Waals surface area contributed by atoms with Crippen molar-refractivity contribution in [1.82, 2.24) is 14.9 Å². The lowest BCUT2D eigenvalue weighted by atomic mass is 10.1. The second-order valence-corrected chi connectivity index (χ2v) is 7.32. The average molecular weight is 435 g/mol. The number of ether oxygens (including phenoxy) is 2. The molecule has 0 saturated heterocycles. The zero-order valence-electron chi connectivity index (χ0n) is 16.7. The molecule has 0 bridgehead atoms. The zero-order chi connectivity index (χ0) is 21.5. The van der Waals surface area contributed by atoms with Crippen molar-refractivity contribution in [3.8, 4) is 11.5 Å². The van der Waals surface area contributed by atoms with Crippen molar-refractivity contribution in [1.29, 1.82) is 0 Å². The number of carbonyl (C=O) groups excluding carboxylic acids is 1. The van der Waals surface area contributed by atoms with E-state index in [1.807, 2.05) is 31.2 Å². The maximum absolute atomic E-state index is 12.5. The first-order chi connectivity index (χ1) is 14.5. The summed E-state index contributed by atoms with van der Waals surface area (Å²) in [5.41, 5.74) is 2.71. The summed E-state index contributed by atoms with van der Waals surface area (Å²) >= 11 is 1.39. The summed E-state index contributed by atoms with van der Waals surface area (Å²) in [6, 6.07) is 12.7. The standard InChI is InChI=1S/C21H23F2N3O3S/c1-3-26-16-7-5-4-6-15(16)25-21(26)30-13-19(27)24-11-10-14-8-9-17(28-2)18(12-14)29-20(22)23/h4-9,12,20H,3,10-11,13H2,1-2H3,(H,24,27). The summed E-state index contributed by atoms with van der Waals surface area (Å²) in [6.45, 7) is 0.256. The largest absolute Gasteiger partial charge is 0.493 e. The molecule has 0 fully saturated rings. The van der Waals surface area contributed by atoms with Crippen LogP contribution in [0.5, 0.6) is 11.5 Å². The van der Waals surface area contributed by atoms with E-state index >= 15 is 0 Å². The van der Waals surface area contributed by atoms with Crippen LogP contribution in [-0.2, 0) is 17.8 Å². The summed E-state index contributed by atoms with van der Waals surface area (Å²) in [6.07, 6.45) is 0.480. The van der Waals surface area contributed by atoms with E-state index < -0.39 is 6.61 Å². The number of hydrogen-bond donors (Lipinski definition) is 1. The molecule has 1 N–H and O–H groups in total. The quantitative estimate of drug-likeness (QED) is 0.486. The average Bonchev–Trinajstić information content (AvgIpc) is 3.09. The minimum Gasteiger partial charge on any atom is -0.493 e. The molecule has 3 aromatic rings. The third-order valence-electron chi connectivity index (χ3n) is 4.45. The zero-order valence-corrected chi connectivity index (χ0v) is 17.5. The third kappa shape index (κ3) is 5.41. The number of thioether (sulfide) groups is 1. The van der Waals surface area contributed by atoms with Gasteiger partial charge in [0.05, 0.1) is 23.9 Å². The van der Waals surface area contributed by atoms with E-state index in [1.165, 1.54) is 24.9 Å². The number of para-hydroxylation sites is 2. The van der Waals surface area contributed by atoms with Crippen LogP contribution in [0.1, 0.15) is 12.5 Å². The maximum atomic E-state index is 12.5. The smallest absolute Gasteiger partial charge is 0.387 e. The number of imidazole rings is 1. The lowest BCUT2D eigenvalue weighted by Gasteiger charge is -2.12. The Morgan fingerprint density at radius 2 is 2.03 bits per heavy atom. The number of benzene rings is 2. The number of alkyl halides is 2. The van der Waals surface area contributed by atoms with Gasteiger partial charge in [-0.1, -0.05) is 30.0 Å². The van der Waals surface area contributed by atoms with Gasteiger partial charge in [0.1, 0.15) is 0 Å². The third-order valence-corrected chi connectivity index (χ3v) is 5.42. The van der Waals surface area contributed by atoms with Crippen molar-refractivity contribution >= 4 is 28.7 Å². The predicted molar refractivity (Wildman–Crippen MR) is 112 cm³/mol. The Morgan fingerprint density at radius 1 is 1.23 bits per heavy atom. The highest BCUT2D eigenvalue weighted by Crippen LogP contribution is 2.29. The van der Waals surface area contributed by atoms with Gasteiger partial charge >= 0.3 is 6.61 Å². The normalized spacial score (nSPS) is 11.1. The van der Waals surface area contributed by atoms with Crippen molar-refractivity contribution in [2.75, 3.05) is 19.4 Å². The molecule has 0 aliphatic heterocycles. The first-order valence-corrected chi connectivity index (χ1v) is 10.5. The topological polar surface area (TPSA) is 65.4 Å². The summed E-state index contributed by atoms with van der Waals surface area (Å²) in [5, 5.41) is 3.65. The van der Waals surface area contributed by atoms with Crippen molar-refractivity contribution in [3.63, 3.8) is 0 Å². The van der Waals surface area contributed by atoms with Gasteiger partial charge in [-0.2, -0.15) is 8.78 Å². The highest BCUT2D eigenvalue weighted by molar-refractivity contribution is 7.99. The van der Waals surface area contributed by atoms with E-state index in [9.17, 15) is 13.6 Å². The van der Waals surface area contributed by atoms with E-state index in [-0.39, 0.29) is 23.2 Å². The fourth-order valence-corrected chi connectivity index (χ4v) is 3.97. The number of nitrogens with one attached hydrogen (secondary N) is 1. The second kappa shape index (κ2) is 10.3. The van der Waals surface area contributed by atoms with Gasteiger partial charge in [0.15, 0.2) is 16.7 Å². The van der Waals surface area contributed by atoms with Gasteiger partial charge in [-0.05, 0) is 43.2 Å². The number of aromatic nitrogens is 2. The summed E-state index contributed by atoms with van der Waals surface area (Å²) < 4.78 is 36.6. The van der Waals surface area contributed by atoms with Gasteiger partial charge in [0, 0.05) is 13.1 Å². The van der Waals surface area contributed by atoms with Crippen molar-refractivity contribution < 1.29 is 23.0 Å². The molecule has 0 spiro atoms. The Hall–Kier alpha value is -2.81. The molecular formula is C21H23F2N3O3S. The molecule has 3 rings (SSSR count). The molecule has 0 atom stereocenters. The first kappa shape index (κ1) is 21.9. The van der Waals surface area contributed by atoms with Gasteiger partial charge < -0.3 is 19.4 Å². The molecule has 0 saturated carbocycles. The van der Waals surface area contributed by atoms with Crippen LogP contribution in [0.25, 0.3) is 11.0 Å².